The maximum Gasteiger partial charge on any atom is 0.238 e. The molecule has 1 saturated heterocycles. The molecule has 1 aliphatic rings. The van der Waals surface area contributed by atoms with E-state index >= 15 is 0 Å². The van der Waals surface area contributed by atoms with Gasteiger partial charge in [0.1, 0.15) is 5.82 Å². The Labute approximate surface area is 164 Å². The maximum atomic E-state index is 13.9. The molecule has 0 aliphatic carbocycles. The Kier molecular flexibility index (Phi) is 6.83. The number of nitrogens with zero attached hydrogens (tertiary/aromatic N) is 2. The average molecular weight is 390 g/mol. The molecule has 1 aliphatic heterocycles. The number of carbonyl (C=O) groups is 1. The second-order valence-corrected chi connectivity index (χ2v) is 7.22. The van der Waals surface area contributed by atoms with Crippen LogP contribution in [0.1, 0.15) is 18.1 Å². The van der Waals surface area contributed by atoms with Crippen LogP contribution in [0.4, 0.5) is 10.1 Å². The van der Waals surface area contributed by atoms with E-state index in [-0.39, 0.29) is 11.7 Å². The van der Waals surface area contributed by atoms with Gasteiger partial charge in [-0.15, -0.1) is 0 Å². The second-order valence-electron chi connectivity index (χ2n) is 6.81. The molecule has 6 heteroatoms. The highest BCUT2D eigenvalue weighted by molar-refractivity contribution is 6.31. The van der Waals surface area contributed by atoms with E-state index in [1.807, 2.05) is 24.3 Å². The zero-order chi connectivity index (χ0) is 19.2. The van der Waals surface area contributed by atoms with Crippen molar-refractivity contribution < 1.29 is 9.18 Å². The lowest BCUT2D eigenvalue weighted by molar-refractivity contribution is -0.117. The summed E-state index contributed by atoms with van der Waals surface area (Å²) in [5, 5.41) is 3.48. The van der Waals surface area contributed by atoms with Crippen LogP contribution in [0.5, 0.6) is 0 Å². The van der Waals surface area contributed by atoms with Gasteiger partial charge in [0.25, 0.3) is 0 Å². The maximum absolute atomic E-state index is 13.9. The SMILES string of the molecule is CCc1ccccc1NC(=O)CN1CCN(Cc2c(F)cccc2Cl)CC1. The minimum Gasteiger partial charge on any atom is -0.325 e. The van der Waals surface area contributed by atoms with Crippen LogP contribution in [0.3, 0.4) is 0 Å². The molecule has 144 valence electrons. The average Bonchev–Trinajstić information content (AvgIpc) is 2.66. The van der Waals surface area contributed by atoms with Crippen LogP contribution < -0.4 is 5.32 Å². The molecule has 27 heavy (non-hydrogen) atoms. The lowest BCUT2D eigenvalue weighted by atomic mass is 10.1. The Balaban J connectivity index is 1.48. The van der Waals surface area contributed by atoms with E-state index in [0.29, 0.717) is 23.7 Å². The van der Waals surface area contributed by atoms with Crippen LogP contribution in [-0.4, -0.2) is 48.4 Å². The van der Waals surface area contributed by atoms with Gasteiger partial charge < -0.3 is 5.32 Å². The van der Waals surface area contributed by atoms with Crippen molar-refractivity contribution in [1.82, 2.24) is 9.80 Å². The van der Waals surface area contributed by atoms with E-state index in [1.165, 1.54) is 6.07 Å². The highest BCUT2D eigenvalue weighted by atomic mass is 35.5. The molecule has 0 radical (unpaired) electrons. The van der Waals surface area contributed by atoms with Gasteiger partial charge in [-0.25, -0.2) is 4.39 Å². The fourth-order valence-electron chi connectivity index (χ4n) is 3.36. The zero-order valence-electron chi connectivity index (χ0n) is 15.5. The Morgan fingerprint density at radius 3 is 2.48 bits per heavy atom. The van der Waals surface area contributed by atoms with Gasteiger partial charge in [-0.05, 0) is 30.2 Å². The van der Waals surface area contributed by atoms with Crippen molar-refractivity contribution in [2.24, 2.45) is 0 Å². The number of hydrogen-bond acceptors (Lipinski definition) is 3. The molecule has 0 atom stereocenters. The third-order valence-corrected chi connectivity index (χ3v) is 5.30. The zero-order valence-corrected chi connectivity index (χ0v) is 16.3. The summed E-state index contributed by atoms with van der Waals surface area (Å²) >= 11 is 6.12. The summed E-state index contributed by atoms with van der Waals surface area (Å²) in [6, 6.07) is 12.7. The first kappa shape index (κ1) is 19.8. The summed E-state index contributed by atoms with van der Waals surface area (Å²) in [6.45, 7) is 6.05. The molecule has 1 N–H and O–H groups in total. The first-order valence-corrected chi connectivity index (χ1v) is 9.70. The standard InChI is InChI=1S/C21H25ClFN3O/c1-2-16-6-3-4-9-20(16)24-21(27)15-26-12-10-25(11-13-26)14-17-18(22)7-5-8-19(17)23/h3-9H,2,10-15H2,1H3,(H,24,27). The van der Waals surface area contributed by atoms with Crippen molar-refractivity contribution in [3.05, 3.63) is 64.4 Å². The molecule has 0 saturated carbocycles. The number of benzene rings is 2. The minimum atomic E-state index is -0.265. The molecule has 2 aromatic carbocycles. The number of para-hydroxylation sites is 1. The lowest BCUT2D eigenvalue weighted by Gasteiger charge is -2.34. The monoisotopic (exact) mass is 389 g/mol. The van der Waals surface area contributed by atoms with Crippen molar-refractivity contribution in [3.8, 4) is 0 Å². The Morgan fingerprint density at radius 2 is 1.78 bits per heavy atom. The van der Waals surface area contributed by atoms with Gasteiger partial charge in [0.2, 0.25) is 5.91 Å². The number of halogens is 2. The first-order chi connectivity index (χ1) is 13.1. The number of rotatable bonds is 6. The van der Waals surface area contributed by atoms with Gasteiger partial charge >= 0.3 is 0 Å². The predicted octanol–water partition coefficient (Wildman–Crippen LogP) is 3.80. The quantitative estimate of drug-likeness (QED) is 0.816. The first-order valence-electron chi connectivity index (χ1n) is 9.32. The highest BCUT2D eigenvalue weighted by Gasteiger charge is 2.21. The van der Waals surface area contributed by atoms with Crippen molar-refractivity contribution in [2.45, 2.75) is 19.9 Å². The Hall–Kier alpha value is -1.95. The smallest absolute Gasteiger partial charge is 0.238 e. The fraction of sp³-hybridized carbons (Fsp3) is 0.381. The van der Waals surface area contributed by atoms with E-state index in [2.05, 4.69) is 22.0 Å². The van der Waals surface area contributed by atoms with Gasteiger partial charge in [0, 0.05) is 49.0 Å². The van der Waals surface area contributed by atoms with Crippen molar-refractivity contribution in [2.75, 3.05) is 38.0 Å². The fourth-order valence-corrected chi connectivity index (χ4v) is 3.58. The summed E-state index contributed by atoms with van der Waals surface area (Å²) in [5.74, 6) is -0.264. The van der Waals surface area contributed by atoms with Gasteiger partial charge in [0.05, 0.1) is 6.54 Å². The molecule has 0 spiro atoms. The Bertz CT molecular complexity index is 770. The molecule has 3 rings (SSSR count). The third kappa shape index (κ3) is 5.28. The van der Waals surface area contributed by atoms with Crippen LogP contribution in [0.15, 0.2) is 42.5 Å². The number of amides is 1. The van der Waals surface area contributed by atoms with E-state index in [4.69, 9.17) is 11.6 Å². The molecule has 1 heterocycles. The summed E-state index contributed by atoms with van der Waals surface area (Å²) < 4.78 is 13.9. The third-order valence-electron chi connectivity index (χ3n) is 4.95. The van der Waals surface area contributed by atoms with Crippen molar-refractivity contribution in [1.29, 1.82) is 0 Å². The molecule has 1 fully saturated rings. The summed E-state index contributed by atoms with van der Waals surface area (Å²) in [5.41, 5.74) is 2.57. The molecule has 0 unspecified atom stereocenters. The van der Waals surface area contributed by atoms with E-state index in [0.717, 1.165) is 43.9 Å². The number of carbonyl (C=O) groups excluding carboxylic acids is 1. The molecule has 1 amide bonds. The largest absolute Gasteiger partial charge is 0.325 e. The van der Waals surface area contributed by atoms with Crippen LogP contribution in [0.25, 0.3) is 0 Å². The number of nitrogens with one attached hydrogen (secondary N) is 1. The summed E-state index contributed by atoms with van der Waals surface area (Å²) in [7, 11) is 0. The van der Waals surface area contributed by atoms with Gasteiger partial charge in [-0.2, -0.15) is 0 Å². The van der Waals surface area contributed by atoms with E-state index in [1.54, 1.807) is 12.1 Å². The van der Waals surface area contributed by atoms with E-state index in [9.17, 15) is 9.18 Å². The van der Waals surface area contributed by atoms with Crippen LogP contribution in [0, 0.1) is 5.82 Å². The number of aryl methyl sites for hydroxylation is 1. The molecule has 0 bridgehead atoms. The topological polar surface area (TPSA) is 35.6 Å². The predicted molar refractivity (Wildman–Crippen MR) is 108 cm³/mol. The van der Waals surface area contributed by atoms with Gasteiger partial charge in [-0.3, -0.25) is 14.6 Å². The van der Waals surface area contributed by atoms with Crippen LogP contribution >= 0.6 is 11.6 Å². The molecule has 2 aromatic rings. The lowest BCUT2D eigenvalue weighted by Crippen LogP contribution is -2.48. The summed E-state index contributed by atoms with van der Waals surface area (Å²) in [4.78, 5) is 16.7. The summed E-state index contributed by atoms with van der Waals surface area (Å²) in [6.07, 6.45) is 0.883. The minimum absolute atomic E-state index is 0.00139. The number of piperazine rings is 1. The normalized spacial score (nSPS) is 15.7. The van der Waals surface area contributed by atoms with Crippen molar-refractivity contribution in [3.63, 3.8) is 0 Å². The second kappa shape index (κ2) is 9.31. The van der Waals surface area contributed by atoms with Crippen LogP contribution in [0.2, 0.25) is 5.02 Å². The molecular formula is C21H25ClFN3O. The van der Waals surface area contributed by atoms with Gasteiger partial charge in [0.15, 0.2) is 0 Å². The highest BCUT2D eigenvalue weighted by Crippen LogP contribution is 2.21. The Morgan fingerprint density at radius 1 is 1.07 bits per heavy atom. The number of anilines is 1. The molecule has 4 nitrogen and oxygen atoms in total. The van der Waals surface area contributed by atoms with Crippen LogP contribution in [-0.2, 0) is 17.8 Å². The van der Waals surface area contributed by atoms with Gasteiger partial charge in [-0.1, -0.05) is 42.8 Å². The van der Waals surface area contributed by atoms with Crippen molar-refractivity contribution >= 4 is 23.2 Å². The number of hydrogen-bond donors (Lipinski definition) is 1. The molecular weight excluding hydrogens is 365 g/mol. The van der Waals surface area contributed by atoms with E-state index < -0.39 is 0 Å². The molecule has 0 aromatic heterocycles.